The highest BCUT2D eigenvalue weighted by Crippen LogP contribution is 2.02. The minimum Gasteiger partial charge on any atom is -0.480 e. The minimum absolute atomic E-state index is 0.0527. The van der Waals surface area contributed by atoms with Crippen LogP contribution in [0.25, 0.3) is 0 Å². The molecule has 3 atom stereocenters. The van der Waals surface area contributed by atoms with Gasteiger partial charge in [0, 0.05) is 13.1 Å². The van der Waals surface area contributed by atoms with Crippen LogP contribution in [-0.2, 0) is 14.4 Å². The Hall–Kier alpha value is -3.09. The number of nitrogens with two attached hydrogens (primary N) is 5. The molecule has 0 bridgehead atoms. The van der Waals surface area contributed by atoms with E-state index in [2.05, 4.69) is 20.6 Å². The number of guanidine groups is 2. The smallest absolute Gasteiger partial charge is 0.325 e. The van der Waals surface area contributed by atoms with Crippen molar-refractivity contribution in [2.45, 2.75) is 50.7 Å². The van der Waals surface area contributed by atoms with E-state index < -0.39 is 35.9 Å². The van der Waals surface area contributed by atoms with Gasteiger partial charge in [0.25, 0.3) is 0 Å². The molecule has 0 radical (unpaired) electrons. The van der Waals surface area contributed by atoms with Crippen LogP contribution in [-0.4, -0.2) is 66.0 Å². The first kappa shape index (κ1) is 24.9. The molecule has 28 heavy (non-hydrogen) atoms. The van der Waals surface area contributed by atoms with E-state index in [0.717, 1.165) is 0 Å². The highest BCUT2D eigenvalue weighted by Gasteiger charge is 2.25. The lowest BCUT2D eigenvalue weighted by Crippen LogP contribution is -2.54. The van der Waals surface area contributed by atoms with Crippen molar-refractivity contribution >= 4 is 29.7 Å². The fourth-order valence-electron chi connectivity index (χ4n) is 2.08. The van der Waals surface area contributed by atoms with Gasteiger partial charge in [0.05, 0.1) is 6.04 Å². The van der Waals surface area contributed by atoms with Crippen LogP contribution < -0.4 is 39.3 Å². The number of nitrogens with zero attached hydrogens (tertiary/aromatic N) is 2. The first-order chi connectivity index (χ1) is 13.0. The van der Waals surface area contributed by atoms with Gasteiger partial charge in [-0.05, 0) is 32.6 Å². The number of nitrogens with one attached hydrogen (secondary N) is 2. The van der Waals surface area contributed by atoms with Gasteiger partial charge in [-0.3, -0.25) is 24.4 Å². The zero-order valence-corrected chi connectivity index (χ0v) is 15.9. The number of carbonyl (C=O) groups is 3. The third-order valence-corrected chi connectivity index (χ3v) is 3.61. The average molecular weight is 401 g/mol. The number of carboxylic acids is 1. The minimum atomic E-state index is -1.20. The van der Waals surface area contributed by atoms with Crippen molar-refractivity contribution in [1.82, 2.24) is 10.6 Å². The molecule has 0 aliphatic heterocycles. The number of carbonyl (C=O) groups excluding carboxylic acids is 2. The van der Waals surface area contributed by atoms with E-state index in [4.69, 9.17) is 33.8 Å². The van der Waals surface area contributed by atoms with Crippen LogP contribution in [0.4, 0.5) is 0 Å². The number of hydrogen-bond acceptors (Lipinski definition) is 6. The predicted octanol–water partition coefficient (Wildman–Crippen LogP) is -3.51. The van der Waals surface area contributed by atoms with Gasteiger partial charge in [0.15, 0.2) is 11.9 Å². The van der Waals surface area contributed by atoms with Gasteiger partial charge in [0.2, 0.25) is 11.8 Å². The Labute approximate surface area is 163 Å². The summed E-state index contributed by atoms with van der Waals surface area (Å²) in [6.45, 7) is 1.89. The van der Waals surface area contributed by atoms with Gasteiger partial charge in [0.1, 0.15) is 12.1 Å². The van der Waals surface area contributed by atoms with Gasteiger partial charge < -0.3 is 44.4 Å². The van der Waals surface area contributed by atoms with Crippen LogP contribution in [0.1, 0.15) is 32.6 Å². The highest BCUT2D eigenvalue weighted by molar-refractivity contribution is 5.91. The van der Waals surface area contributed by atoms with Crippen LogP contribution in [0.15, 0.2) is 9.98 Å². The Kier molecular flexibility index (Phi) is 11.7. The van der Waals surface area contributed by atoms with E-state index in [1.807, 2.05) is 0 Å². The molecule has 13 heteroatoms. The molecular formula is C15H31N9O4. The fourth-order valence-corrected chi connectivity index (χ4v) is 2.08. The summed E-state index contributed by atoms with van der Waals surface area (Å²) in [7, 11) is 0. The Morgan fingerprint density at radius 3 is 1.86 bits per heavy atom. The largest absolute Gasteiger partial charge is 0.480 e. The number of carboxylic acid groups (broad SMARTS) is 1. The number of amides is 2. The quantitative estimate of drug-likeness (QED) is 0.0863. The topological polar surface area (TPSA) is 250 Å². The van der Waals surface area contributed by atoms with Crippen molar-refractivity contribution in [3.8, 4) is 0 Å². The number of rotatable bonds is 13. The molecule has 0 saturated carbocycles. The summed E-state index contributed by atoms with van der Waals surface area (Å²) in [5, 5.41) is 13.8. The fraction of sp³-hybridized carbons (Fsp3) is 0.667. The SMILES string of the molecule is C[C@H](NC(=O)[C@@H](CCCN=C(N)N)NC(=O)[C@@H](N)CCCN=C(N)N)C(=O)O. The third kappa shape index (κ3) is 11.5. The highest BCUT2D eigenvalue weighted by atomic mass is 16.4. The van der Waals surface area contributed by atoms with Crippen molar-refractivity contribution in [2.75, 3.05) is 13.1 Å². The van der Waals surface area contributed by atoms with Gasteiger partial charge in [-0.15, -0.1) is 0 Å². The molecule has 160 valence electrons. The van der Waals surface area contributed by atoms with Gasteiger partial charge in [-0.25, -0.2) is 0 Å². The Morgan fingerprint density at radius 2 is 1.39 bits per heavy atom. The van der Waals surface area contributed by atoms with E-state index in [9.17, 15) is 14.4 Å². The zero-order chi connectivity index (χ0) is 21.7. The zero-order valence-electron chi connectivity index (χ0n) is 15.9. The van der Waals surface area contributed by atoms with E-state index in [1.165, 1.54) is 6.92 Å². The van der Waals surface area contributed by atoms with E-state index >= 15 is 0 Å². The molecule has 0 spiro atoms. The second-order valence-electron chi connectivity index (χ2n) is 6.13. The second-order valence-corrected chi connectivity index (χ2v) is 6.13. The van der Waals surface area contributed by atoms with Crippen molar-refractivity contribution in [2.24, 2.45) is 38.7 Å². The van der Waals surface area contributed by atoms with Crippen molar-refractivity contribution in [1.29, 1.82) is 0 Å². The molecule has 0 aliphatic rings. The summed E-state index contributed by atoms with van der Waals surface area (Å²) in [6, 6.07) is -2.97. The van der Waals surface area contributed by atoms with Crippen LogP contribution in [0, 0.1) is 0 Å². The average Bonchev–Trinajstić information content (AvgIpc) is 2.60. The number of aliphatic imine (C=N–C) groups is 2. The van der Waals surface area contributed by atoms with Crippen molar-refractivity contribution < 1.29 is 19.5 Å². The summed E-state index contributed by atoms with van der Waals surface area (Å²) in [4.78, 5) is 43.1. The molecular weight excluding hydrogens is 370 g/mol. The first-order valence-corrected chi connectivity index (χ1v) is 8.74. The van der Waals surface area contributed by atoms with Crippen LogP contribution in [0.2, 0.25) is 0 Å². The molecule has 0 aromatic heterocycles. The van der Waals surface area contributed by atoms with Crippen molar-refractivity contribution in [3.63, 3.8) is 0 Å². The van der Waals surface area contributed by atoms with Gasteiger partial charge >= 0.3 is 5.97 Å². The van der Waals surface area contributed by atoms with Gasteiger partial charge in [-0.2, -0.15) is 0 Å². The molecule has 0 fully saturated rings. The van der Waals surface area contributed by atoms with E-state index in [1.54, 1.807) is 0 Å². The normalized spacial score (nSPS) is 13.5. The third-order valence-electron chi connectivity index (χ3n) is 3.61. The Bertz CT molecular complexity index is 586. The van der Waals surface area contributed by atoms with Gasteiger partial charge in [-0.1, -0.05) is 0 Å². The summed E-state index contributed by atoms with van der Waals surface area (Å²) >= 11 is 0. The monoisotopic (exact) mass is 401 g/mol. The maximum Gasteiger partial charge on any atom is 0.325 e. The van der Waals surface area contributed by atoms with Crippen LogP contribution in [0.3, 0.4) is 0 Å². The number of aliphatic carboxylic acids is 1. The second kappa shape index (κ2) is 13.1. The standard InChI is InChI=1S/C15H31N9O4/c1-8(13(27)28)23-12(26)10(5-3-7-22-15(19)20)24-11(25)9(16)4-2-6-21-14(17)18/h8-10H,2-7,16H2,1H3,(H,23,26)(H,24,25)(H,27,28)(H4,17,18,21)(H4,19,20,22)/t8-,9-,10+/m0/s1. The van der Waals surface area contributed by atoms with E-state index in [-0.39, 0.29) is 24.9 Å². The lowest BCUT2D eigenvalue weighted by atomic mass is 10.1. The molecule has 0 rings (SSSR count). The molecule has 13 nitrogen and oxygen atoms in total. The Balaban J connectivity index is 4.80. The molecule has 0 saturated heterocycles. The summed E-state index contributed by atoms with van der Waals surface area (Å²) in [5.74, 6) is -2.53. The summed E-state index contributed by atoms with van der Waals surface area (Å²) in [6.07, 6.45) is 1.36. The van der Waals surface area contributed by atoms with Crippen molar-refractivity contribution in [3.05, 3.63) is 0 Å². The van der Waals surface area contributed by atoms with Crippen LogP contribution >= 0.6 is 0 Å². The Morgan fingerprint density at radius 1 is 0.893 bits per heavy atom. The summed E-state index contributed by atoms with van der Waals surface area (Å²) in [5.41, 5.74) is 26.7. The maximum atomic E-state index is 12.3. The maximum absolute atomic E-state index is 12.3. The van der Waals surface area contributed by atoms with Crippen LogP contribution in [0.5, 0.6) is 0 Å². The van der Waals surface area contributed by atoms with E-state index in [0.29, 0.717) is 25.8 Å². The molecule has 2 amide bonds. The predicted molar refractivity (Wildman–Crippen MR) is 105 cm³/mol. The molecule has 0 aliphatic carbocycles. The number of hydrogen-bond donors (Lipinski definition) is 8. The summed E-state index contributed by atoms with van der Waals surface area (Å²) < 4.78 is 0. The first-order valence-electron chi connectivity index (χ1n) is 8.74. The molecule has 0 heterocycles. The molecule has 13 N–H and O–H groups in total. The molecule has 0 aromatic carbocycles. The lowest BCUT2D eigenvalue weighted by Gasteiger charge is -2.21. The molecule has 0 aromatic rings. The lowest BCUT2D eigenvalue weighted by molar-refractivity contribution is -0.141. The molecule has 0 unspecified atom stereocenters.